The Hall–Kier alpha value is -0.120. The Balaban J connectivity index is 1.88. The van der Waals surface area contributed by atoms with Crippen LogP contribution in [-0.4, -0.2) is 43.0 Å². The molecule has 23 heavy (non-hydrogen) atoms. The van der Waals surface area contributed by atoms with Crippen LogP contribution in [0.5, 0.6) is 0 Å². The highest BCUT2D eigenvalue weighted by atomic mass is 16.7. The minimum Gasteiger partial charge on any atom is -0.350 e. The van der Waals surface area contributed by atoms with Crippen molar-refractivity contribution in [2.45, 2.75) is 91.5 Å². The van der Waals surface area contributed by atoms with Gasteiger partial charge in [-0.1, -0.05) is 34.6 Å². The van der Waals surface area contributed by atoms with Crippen LogP contribution < -0.4 is 0 Å². The van der Waals surface area contributed by atoms with E-state index in [4.69, 9.17) is 9.47 Å². The van der Waals surface area contributed by atoms with Gasteiger partial charge in [0.2, 0.25) is 0 Å². The highest BCUT2D eigenvalue weighted by Gasteiger charge is 2.44. The van der Waals surface area contributed by atoms with Crippen molar-refractivity contribution in [3.8, 4) is 0 Å². The molecular formula is C20H39NO2. The molecule has 1 heterocycles. The molecule has 0 N–H and O–H groups in total. The first-order chi connectivity index (χ1) is 10.9. The molecule has 2 rings (SSSR count). The van der Waals surface area contributed by atoms with Crippen LogP contribution in [0.3, 0.4) is 0 Å². The molecule has 0 aromatic rings. The molecule has 0 radical (unpaired) electrons. The fraction of sp³-hybridized carbons (Fsp3) is 1.00. The number of hydrogen-bond donors (Lipinski definition) is 0. The van der Waals surface area contributed by atoms with Gasteiger partial charge in [-0.25, -0.2) is 0 Å². The fourth-order valence-corrected chi connectivity index (χ4v) is 4.30. The van der Waals surface area contributed by atoms with Gasteiger partial charge in [0.05, 0.1) is 12.7 Å². The maximum atomic E-state index is 6.54. The van der Waals surface area contributed by atoms with Crippen molar-refractivity contribution in [3.05, 3.63) is 0 Å². The first-order valence-electron chi connectivity index (χ1n) is 9.92. The first kappa shape index (κ1) is 19.2. The van der Waals surface area contributed by atoms with E-state index in [9.17, 15) is 0 Å². The normalized spacial score (nSPS) is 32.6. The molecule has 1 aliphatic carbocycles. The fourth-order valence-electron chi connectivity index (χ4n) is 4.30. The highest BCUT2D eigenvalue weighted by Crippen LogP contribution is 2.45. The molecule has 3 nitrogen and oxygen atoms in total. The van der Waals surface area contributed by atoms with Crippen LogP contribution in [0.15, 0.2) is 0 Å². The summed E-state index contributed by atoms with van der Waals surface area (Å²) in [4.78, 5) is 2.57. The second kappa shape index (κ2) is 8.31. The van der Waals surface area contributed by atoms with Gasteiger partial charge >= 0.3 is 0 Å². The summed E-state index contributed by atoms with van der Waals surface area (Å²) in [6.45, 7) is 16.0. The summed E-state index contributed by atoms with van der Waals surface area (Å²) in [6.07, 6.45) is 8.48. The Morgan fingerprint density at radius 3 is 2.13 bits per heavy atom. The molecule has 1 saturated carbocycles. The molecule has 0 aromatic carbocycles. The number of rotatable bonds is 6. The maximum absolute atomic E-state index is 6.54. The molecule has 1 saturated heterocycles. The topological polar surface area (TPSA) is 21.7 Å². The lowest BCUT2D eigenvalue weighted by molar-refractivity contribution is -0.311. The van der Waals surface area contributed by atoms with Crippen molar-refractivity contribution in [2.75, 3.05) is 26.2 Å². The average molecular weight is 326 g/mol. The van der Waals surface area contributed by atoms with Crippen LogP contribution in [0, 0.1) is 11.3 Å². The van der Waals surface area contributed by atoms with Gasteiger partial charge < -0.3 is 14.4 Å². The Morgan fingerprint density at radius 1 is 1.00 bits per heavy atom. The second-order valence-corrected chi connectivity index (χ2v) is 8.73. The summed E-state index contributed by atoms with van der Waals surface area (Å²) in [5.41, 5.74) is 0.411. The SMILES string of the molecule is CCCN(CCC)CC1CCOC2(CCC(C(C)(C)C)CC2)O1. The molecular weight excluding hydrogens is 286 g/mol. The van der Waals surface area contributed by atoms with Crippen LogP contribution in [0.25, 0.3) is 0 Å². The van der Waals surface area contributed by atoms with Crippen molar-refractivity contribution in [1.82, 2.24) is 4.90 Å². The van der Waals surface area contributed by atoms with E-state index in [-0.39, 0.29) is 5.79 Å². The summed E-state index contributed by atoms with van der Waals surface area (Å²) < 4.78 is 12.7. The molecule has 1 aliphatic heterocycles. The summed E-state index contributed by atoms with van der Waals surface area (Å²) >= 11 is 0. The monoisotopic (exact) mass is 325 g/mol. The zero-order chi connectivity index (χ0) is 16.9. The molecule has 136 valence electrons. The quantitative estimate of drug-likeness (QED) is 0.697. The molecule has 1 atom stereocenters. The summed E-state index contributed by atoms with van der Waals surface area (Å²) in [7, 11) is 0. The minimum absolute atomic E-state index is 0.269. The van der Waals surface area contributed by atoms with E-state index in [0.29, 0.717) is 11.5 Å². The van der Waals surface area contributed by atoms with Crippen LogP contribution >= 0.6 is 0 Å². The minimum atomic E-state index is -0.269. The Bertz CT molecular complexity index is 336. The first-order valence-corrected chi connectivity index (χ1v) is 9.92. The Morgan fingerprint density at radius 2 is 1.61 bits per heavy atom. The molecule has 3 heteroatoms. The largest absolute Gasteiger partial charge is 0.350 e. The predicted octanol–water partition coefficient (Wildman–Crippen LogP) is 4.85. The number of nitrogens with zero attached hydrogens (tertiary/aromatic N) is 1. The van der Waals surface area contributed by atoms with E-state index in [1.165, 1.54) is 38.8 Å². The van der Waals surface area contributed by atoms with Crippen molar-refractivity contribution >= 4 is 0 Å². The van der Waals surface area contributed by atoms with E-state index in [1.54, 1.807) is 0 Å². The molecule has 0 bridgehead atoms. The van der Waals surface area contributed by atoms with Crippen molar-refractivity contribution < 1.29 is 9.47 Å². The Labute approximate surface area is 144 Å². The number of hydrogen-bond acceptors (Lipinski definition) is 3. The van der Waals surface area contributed by atoms with Gasteiger partial charge in [0.1, 0.15) is 0 Å². The third-order valence-electron chi connectivity index (χ3n) is 5.70. The van der Waals surface area contributed by atoms with E-state index < -0.39 is 0 Å². The lowest BCUT2D eigenvalue weighted by Gasteiger charge is -2.48. The molecule has 0 amide bonds. The van der Waals surface area contributed by atoms with Gasteiger partial charge in [-0.15, -0.1) is 0 Å². The summed E-state index contributed by atoms with van der Waals surface area (Å²) in [5, 5.41) is 0. The van der Waals surface area contributed by atoms with Crippen LogP contribution in [0.1, 0.15) is 79.6 Å². The average Bonchev–Trinajstić information content (AvgIpc) is 2.47. The Kier molecular flexibility index (Phi) is 6.94. The summed E-state index contributed by atoms with van der Waals surface area (Å²) in [5.74, 6) is 0.534. The molecule has 1 spiro atoms. The predicted molar refractivity (Wildman–Crippen MR) is 96.6 cm³/mol. The van der Waals surface area contributed by atoms with Gasteiger partial charge in [0.15, 0.2) is 5.79 Å². The van der Waals surface area contributed by atoms with Crippen molar-refractivity contribution in [3.63, 3.8) is 0 Å². The van der Waals surface area contributed by atoms with E-state index in [2.05, 4.69) is 39.5 Å². The zero-order valence-corrected chi connectivity index (χ0v) is 16.2. The van der Waals surface area contributed by atoms with Crippen molar-refractivity contribution in [2.24, 2.45) is 11.3 Å². The molecule has 2 aliphatic rings. The van der Waals surface area contributed by atoms with Gasteiger partial charge in [0, 0.05) is 19.4 Å². The summed E-state index contributed by atoms with van der Waals surface area (Å²) in [6, 6.07) is 0. The smallest absolute Gasteiger partial charge is 0.168 e. The third-order valence-corrected chi connectivity index (χ3v) is 5.70. The molecule has 2 fully saturated rings. The van der Waals surface area contributed by atoms with Crippen molar-refractivity contribution in [1.29, 1.82) is 0 Å². The molecule has 0 aromatic heterocycles. The van der Waals surface area contributed by atoms with E-state index in [1.807, 2.05) is 0 Å². The van der Waals surface area contributed by atoms with Gasteiger partial charge in [-0.2, -0.15) is 0 Å². The van der Waals surface area contributed by atoms with E-state index in [0.717, 1.165) is 38.3 Å². The molecule has 1 unspecified atom stereocenters. The van der Waals surface area contributed by atoms with Gasteiger partial charge in [0.25, 0.3) is 0 Å². The standard InChI is InChI=1S/C20H39NO2/c1-6-13-21(14-7-2)16-18-10-15-22-20(23-18)11-8-17(9-12-20)19(3,4)5/h17-18H,6-16H2,1-5H3. The highest BCUT2D eigenvalue weighted by molar-refractivity contribution is 4.88. The van der Waals surface area contributed by atoms with Crippen LogP contribution in [0.4, 0.5) is 0 Å². The maximum Gasteiger partial charge on any atom is 0.168 e. The van der Waals surface area contributed by atoms with E-state index >= 15 is 0 Å². The van der Waals surface area contributed by atoms with Gasteiger partial charge in [-0.3, -0.25) is 0 Å². The number of ether oxygens (including phenoxy) is 2. The van der Waals surface area contributed by atoms with Crippen LogP contribution in [0.2, 0.25) is 0 Å². The van der Waals surface area contributed by atoms with Gasteiger partial charge in [-0.05, 0) is 56.5 Å². The lowest BCUT2D eigenvalue weighted by atomic mass is 9.71. The second-order valence-electron chi connectivity index (χ2n) is 8.73. The zero-order valence-electron chi connectivity index (χ0n) is 16.2. The van der Waals surface area contributed by atoms with Crippen LogP contribution in [-0.2, 0) is 9.47 Å². The third kappa shape index (κ3) is 5.44. The lowest BCUT2D eigenvalue weighted by Crippen LogP contribution is -2.51.